The van der Waals surface area contributed by atoms with E-state index in [1.165, 1.54) is 16.9 Å². The molecule has 0 fully saturated rings. The van der Waals surface area contributed by atoms with Gasteiger partial charge in [0, 0.05) is 81.5 Å². The highest BCUT2D eigenvalue weighted by Gasteiger charge is 2.36. The van der Waals surface area contributed by atoms with Crippen molar-refractivity contribution in [3.8, 4) is 6.07 Å². The van der Waals surface area contributed by atoms with Crippen molar-refractivity contribution < 1.29 is 38.1 Å². The number of carbonyl (C=O) groups excluding carboxylic acids is 4. The zero-order valence-electron chi connectivity index (χ0n) is 35.3. The number of nitrogens with zero attached hydrogens (tertiary/aromatic N) is 13. The summed E-state index contributed by atoms with van der Waals surface area (Å²) < 4.78 is 19.0. The van der Waals surface area contributed by atoms with Crippen molar-refractivity contribution in [2.75, 3.05) is 41.9 Å². The van der Waals surface area contributed by atoms with E-state index in [0.717, 1.165) is 12.2 Å². The predicted octanol–water partition coefficient (Wildman–Crippen LogP) is 4.43. The van der Waals surface area contributed by atoms with E-state index in [1.807, 2.05) is 0 Å². The summed E-state index contributed by atoms with van der Waals surface area (Å²) in [5.41, 5.74) is 2.30. The molecule has 6 rings (SSSR count). The van der Waals surface area contributed by atoms with E-state index < -0.39 is 24.0 Å². The first-order valence-electron chi connectivity index (χ1n) is 18.8. The number of nitrogens with two attached hydrogens (primary N) is 1. The van der Waals surface area contributed by atoms with E-state index in [2.05, 4.69) is 65.0 Å². The van der Waals surface area contributed by atoms with Crippen molar-refractivity contribution in [1.82, 2.24) is 39.9 Å². The maximum absolute atomic E-state index is 11.7. The Kier molecular flexibility index (Phi) is 28.9. The molecule has 342 valence electrons. The lowest BCUT2D eigenvalue weighted by Gasteiger charge is -2.19. The smallest absolute Gasteiger partial charge is 0.331 e. The Morgan fingerprint density at radius 2 is 0.953 bits per heavy atom. The molecule has 6 heterocycles. The van der Waals surface area contributed by atoms with Gasteiger partial charge in [-0.25, -0.2) is 74.9 Å². The zero-order valence-corrected chi connectivity index (χ0v) is 37.5. The lowest BCUT2D eigenvalue weighted by molar-refractivity contribution is -0.145. The lowest BCUT2D eigenvalue weighted by atomic mass is 10.2. The van der Waals surface area contributed by atoms with Crippen molar-refractivity contribution in [2.45, 2.75) is 59.5 Å². The van der Waals surface area contributed by atoms with Crippen LogP contribution in [0.5, 0.6) is 0 Å². The van der Waals surface area contributed by atoms with Gasteiger partial charge in [0.2, 0.25) is 23.1 Å². The first-order valence-corrected chi connectivity index (χ1v) is 19.9. The Balaban J connectivity index is 0.000000408. The fraction of sp³-hybridized carbons (Fsp3) is 0.342. The molecule has 26 heteroatoms. The van der Waals surface area contributed by atoms with Crippen LogP contribution in [0.1, 0.15) is 47.5 Å². The van der Waals surface area contributed by atoms with Crippen LogP contribution < -0.4 is 21.3 Å². The third kappa shape index (κ3) is 22.7. The van der Waals surface area contributed by atoms with Crippen LogP contribution in [-0.4, -0.2) is 113 Å². The number of esters is 4. The van der Waals surface area contributed by atoms with E-state index >= 15 is 0 Å². The number of halogens is 3. The summed E-state index contributed by atoms with van der Waals surface area (Å²) in [5, 5.41) is 19.1. The summed E-state index contributed by atoms with van der Waals surface area (Å²) in [5.74, 6) is 4.26. The monoisotopic (exact) mass is 945 g/mol. The molecular weight excluding hydrogens is 901 g/mol. The van der Waals surface area contributed by atoms with Crippen LogP contribution in [0.2, 0.25) is 5.28 Å². The first-order chi connectivity index (χ1) is 30.9. The third-order valence-electron chi connectivity index (χ3n) is 6.54. The molecule has 0 spiro atoms. The molecular formula is C38H46Cl3N15O8. The fourth-order valence-corrected chi connectivity index (χ4v) is 4.72. The number of hydrazone groups is 2. The van der Waals surface area contributed by atoms with Gasteiger partial charge in [-0.1, -0.05) is 23.2 Å². The second-order valence-corrected chi connectivity index (χ2v) is 12.2. The van der Waals surface area contributed by atoms with E-state index in [0.29, 0.717) is 72.7 Å². The second kappa shape index (κ2) is 33.6. The zero-order chi connectivity index (χ0) is 47.5. The number of rotatable bonds is 11. The van der Waals surface area contributed by atoms with Gasteiger partial charge in [-0.2, -0.15) is 15.5 Å². The topological polar surface area (TPSA) is 301 Å². The SMILES string of the molecule is CC#N.CCOC(=O)/C=C\C(=O)OCC.CCOC(=O)C1CC(Cl)=NN1c1ncccn1.CCOC(=O)C1CC(Cl)=NN1c1ncccn1.Clc1ncccn1.NNc1ncccn1. The molecule has 0 saturated carbocycles. The average Bonchev–Trinajstić information content (AvgIpc) is 3.91. The van der Waals surface area contributed by atoms with Crippen molar-refractivity contribution in [2.24, 2.45) is 16.0 Å². The van der Waals surface area contributed by atoms with Gasteiger partial charge in [0.05, 0.1) is 32.5 Å². The van der Waals surface area contributed by atoms with E-state index in [4.69, 9.17) is 55.4 Å². The Hall–Kier alpha value is -7.00. The van der Waals surface area contributed by atoms with Gasteiger partial charge in [0.15, 0.2) is 12.1 Å². The molecule has 0 aromatic carbocycles. The molecule has 4 aromatic heterocycles. The molecule has 0 bridgehead atoms. The number of nitrogens with one attached hydrogen (secondary N) is 1. The molecule has 0 radical (unpaired) electrons. The molecule has 4 aromatic rings. The molecule has 2 aliphatic rings. The molecule has 23 nitrogen and oxygen atoms in total. The standard InChI is InChI=1S/2C10H11ClN4O2.C8H12O4.C4H3ClN2.C4H6N4.C2H3N/c2*1-2-17-9(16)7-6-8(11)14-15(7)10-12-4-3-5-13-10;1-3-11-7(9)5-6-8(10)12-4-2;5-4-6-2-1-3-7-4;5-8-4-6-2-1-3-7-4;1-2-3/h2*3-5,7H,2,6H2,1H3;5-6H,3-4H2,1-2H3;1-3H;1-3H,5H2,(H,6,7,8);1H3/b;;6-5-;;;. The van der Waals surface area contributed by atoms with Crippen LogP contribution in [0.15, 0.2) is 96.2 Å². The molecule has 3 N–H and O–H groups in total. The minimum absolute atomic E-state index is 0.294. The number of anilines is 3. The number of hydrazine groups is 1. The van der Waals surface area contributed by atoms with Gasteiger partial charge >= 0.3 is 23.9 Å². The summed E-state index contributed by atoms with van der Waals surface area (Å²) in [6, 6.07) is 7.40. The molecule has 2 unspecified atom stereocenters. The van der Waals surface area contributed by atoms with Crippen molar-refractivity contribution in [1.29, 1.82) is 5.26 Å². The van der Waals surface area contributed by atoms with E-state index in [9.17, 15) is 19.2 Å². The lowest BCUT2D eigenvalue weighted by Crippen LogP contribution is -2.36. The fourth-order valence-electron chi connectivity index (χ4n) is 4.15. The van der Waals surface area contributed by atoms with Crippen LogP contribution >= 0.6 is 34.8 Å². The van der Waals surface area contributed by atoms with Gasteiger partial charge in [-0.05, 0) is 63.6 Å². The maximum Gasteiger partial charge on any atom is 0.331 e. The van der Waals surface area contributed by atoms with Crippen LogP contribution in [0, 0.1) is 11.3 Å². The van der Waals surface area contributed by atoms with Gasteiger partial charge in [-0.3, -0.25) is 5.43 Å². The minimum atomic E-state index is -0.579. The molecule has 2 aliphatic heterocycles. The molecule has 0 saturated heterocycles. The van der Waals surface area contributed by atoms with Crippen molar-refractivity contribution in [3.05, 3.63) is 91.3 Å². The first kappa shape index (κ1) is 55.0. The number of carbonyl (C=O) groups is 4. The number of ether oxygens (including phenoxy) is 4. The van der Waals surface area contributed by atoms with Gasteiger partial charge in [0.1, 0.15) is 10.3 Å². The summed E-state index contributed by atoms with van der Waals surface area (Å²) in [7, 11) is 0. The molecule has 0 aliphatic carbocycles. The normalized spacial score (nSPS) is 14.1. The Morgan fingerprint density at radius 3 is 1.22 bits per heavy atom. The van der Waals surface area contributed by atoms with Crippen LogP contribution in [-0.2, 0) is 38.1 Å². The summed E-state index contributed by atoms with van der Waals surface area (Å²) in [6.07, 6.45) is 15.4. The maximum atomic E-state index is 11.7. The highest BCUT2D eigenvalue weighted by molar-refractivity contribution is 6.66. The summed E-state index contributed by atoms with van der Waals surface area (Å²) in [4.78, 5) is 75.6. The number of hydrogen-bond donors (Lipinski definition) is 2. The third-order valence-corrected chi connectivity index (χ3v) is 7.19. The largest absolute Gasteiger partial charge is 0.464 e. The Labute approximate surface area is 383 Å². The summed E-state index contributed by atoms with van der Waals surface area (Å²) >= 11 is 17.0. The summed E-state index contributed by atoms with van der Waals surface area (Å²) in [6.45, 7) is 9.54. The Bertz CT molecular complexity index is 1990. The predicted molar refractivity (Wildman–Crippen MR) is 236 cm³/mol. The van der Waals surface area contributed by atoms with Crippen molar-refractivity contribution >= 4 is 86.9 Å². The second-order valence-electron chi connectivity index (χ2n) is 11.0. The van der Waals surface area contributed by atoms with Crippen LogP contribution in [0.25, 0.3) is 0 Å². The van der Waals surface area contributed by atoms with Crippen LogP contribution in [0.3, 0.4) is 0 Å². The number of nitrogen functional groups attached to an aromatic ring is 1. The van der Waals surface area contributed by atoms with Crippen molar-refractivity contribution in [3.63, 3.8) is 0 Å². The molecule has 2 atom stereocenters. The highest BCUT2D eigenvalue weighted by Crippen LogP contribution is 2.24. The molecule has 64 heavy (non-hydrogen) atoms. The Morgan fingerprint density at radius 1 is 0.641 bits per heavy atom. The number of hydrogen-bond acceptors (Lipinski definition) is 23. The number of nitriles is 1. The van der Waals surface area contributed by atoms with Gasteiger partial charge in [0.25, 0.3) is 0 Å². The quantitative estimate of drug-likeness (QED) is 0.0524. The van der Waals surface area contributed by atoms with E-state index in [1.54, 1.807) is 108 Å². The van der Waals surface area contributed by atoms with Gasteiger partial charge < -0.3 is 18.9 Å². The minimum Gasteiger partial charge on any atom is -0.464 e. The molecule has 0 amide bonds. The van der Waals surface area contributed by atoms with E-state index in [-0.39, 0.29) is 11.9 Å². The van der Waals surface area contributed by atoms with Gasteiger partial charge in [-0.15, -0.1) is 0 Å². The van der Waals surface area contributed by atoms with Crippen LogP contribution in [0.4, 0.5) is 17.8 Å². The number of aromatic nitrogens is 8. The average molecular weight is 947 g/mol. The highest BCUT2D eigenvalue weighted by atomic mass is 35.5.